The SMILES string of the molecule is O=C(O)Cc1ccccc1.O=C(O)c1c(C(=O)O)c(C(=O)O)c(C(=O)O)c(C(=O)O)c1C(=O)O. The van der Waals surface area contributed by atoms with E-state index < -0.39 is 75.2 Å². The monoisotopic (exact) mass is 478 g/mol. The summed E-state index contributed by atoms with van der Waals surface area (Å²) in [5.74, 6) is -14.3. The van der Waals surface area contributed by atoms with Crippen LogP contribution in [0.25, 0.3) is 0 Å². The van der Waals surface area contributed by atoms with Crippen molar-refractivity contribution in [1.29, 1.82) is 0 Å². The van der Waals surface area contributed by atoms with Gasteiger partial charge in [-0.3, -0.25) is 4.79 Å². The Bertz CT molecular complexity index is 1010. The van der Waals surface area contributed by atoms with Gasteiger partial charge in [-0.15, -0.1) is 0 Å². The van der Waals surface area contributed by atoms with Gasteiger partial charge in [0.1, 0.15) is 0 Å². The number of carbonyl (C=O) groups is 7. The first-order valence-electron chi connectivity index (χ1n) is 8.61. The second kappa shape index (κ2) is 10.9. The van der Waals surface area contributed by atoms with Gasteiger partial charge < -0.3 is 35.7 Å². The number of benzene rings is 2. The van der Waals surface area contributed by atoms with Crippen LogP contribution in [-0.4, -0.2) is 77.5 Å². The third kappa shape index (κ3) is 5.91. The van der Waals surface area contributed by atoms with Gasteiger partial charge in [-0.05, 0) is 5.56 Å². The topological polar surface area (TPSA) is 261 Å². The van der Waals surface area contributed by atoms with Gasteiger partial charge in [-0.25, -0.2) is 28.8 Å². The Kier molecular flexibility index (Phi) is 8.54. The number of carboxylic acid groups (broad SMARTS) is 7. The van der Waals surface area contributed by atoms with E-state index in [4.69, 9.17) is 35.7 Å². The van der Waals surface area contributed by atoms with E-state index in [9.17, 15) is 33.6 Å². The minimum atomic E-state index is -2.26. The van der Waals surface area contributed by atoms with Gasteiger partial charge in [0.2, 0.25) is 0 Å². The van der Waals surface area contributed by atoms with Crippen molar-refractivity contribution in [1.82, 2.24) is 0 Å². The minimum absolute atomic E-state index is 0.112. The van der Waals surface area contributed by atoms with E-state index in [1.807, 2.05) is 18.2 Å². The summed E-state index contributed by atoms with van der Waals surface area (Å²) >= 11 is 0. The Balaban J connectivity index is 0.000000479. The first kappa shape index (κ1) is 26.8. The van der Waals surface area contributed by atoms with Crippen LogP contribution in [0.15, 0.2) is 30.3 Å². The van der Waals surface area contributed by atoms with Crippen LogP contribution in [-0.2, 0) is 11.2 Å². The zero-order chi connectivity index (χ0) is 26.3. The molecule has 0 saturated heterocycles. The van der Waals surface area contributed by atoms with Crippen molar-refractivity contribution < 1.29 is 69.3 Å². The molecule has 0 radical (unpaired) electrons. The zero-order valence-electron chi connectivity index (χ0n) is 16.6. The number of aromatic carboxylic acids is 6. The van der Waals surface area contributed by atoms with Crippen LogP contribution >= 0.6 is 0 Å². The summed E-state index contributed by atoms with van der Waals surface area (Å²) in [5.41, 5.74) is -9.10. The van der Waals surface area contributed by atoms with Crippen molar-refractivity contribution in [3.63, 3.8) is 0 Å². The average molecular weight is 478 g/mol. The summed E-state index contributed by atoms with van der Waals surface area (Å²) in [5, 5.41) is 62.5. The molecular formula is C20H14O14. The fraction of sp³-hybridized carbons (Fsp3) is 0.0500. The molecule has 0 aliphatic heterocycles. The lowest BCUT2D eigenvalue weighted by Gasteiger charge is -2.15. The molecular weight excluding hydrogens is 464 g/mol. The summed E-state index contributed by atoms with van der Waals surface area (Å²) in [6.45, 7) is 0. The second-order valence-corrected chi connectivity index (χ2v) is 6.14. The van der Waals surface area contributed by atoms with Crippen molar-refractivity contribution in [3.8, 4) is 0 Å². The quantitative estimate of drug-likeness (QED) is 0.281. The molecule has 2 rings (SSSR count). The van der Waals surface area contributed by atoms with E-state index in [2.05, 4.69) is 0 Å². The van der Waals surface area contributed by atoms with Crippen LogP contribution in [0.5, 0.6) is 0 Å². The van der Waals surface area contributed by atoms with Gasteiger partial charge >= 0.3 is 41.8 Å². The molecule has 0 heterocycles. The molecule has 0 aliphatic carbocycles. The van der Waals surface area contributed by atoms with Crippen LogP contribution in [0.2, 0.25) is 0 Å². The van der Waals surface area contributed by atoms with Crippen molar-refractivity contribution in [3.05, 3.63) is 69.3 Å². The van der Waals surface area contributed by atoms with Gasteiger partial charge in [0, 0.05) is 0 Å². The summed E-state index contributed by atoms with van der Waals surface area (Å²) in [6.07, 6.45) is 0.112. The summed E-state index contributed by atoms with van der Waals surface area (Å²) in [6, 6.07) is 9.13. The van der Waals surface area contributed by atoms with Crippen LogP contribution in [0.4, 0.5) is 0 Å². The highest BCUT2D eigenvalue weighted by molar-refractivity contribution is 6.22. The maximum absolute atomic E-state index is 11.2. The summed E-state index contributed by atoms with van der Waals surface area (Å²) in [4.78, 5) is 77.5. The Hall–Kier alpha value is -5.27. The molecule has 0 saturated carbocycles. The smallest absolute Gasteiger partial charge is 0.337 e. The molecule has 2 aromatic rings. The normalized spacial score (nSPS) is 9.76. The lowest BCUT2D eigenvalue weighted by molar-refractivity contribution is -0.136. The molecule has 0 bridgehead atoms. The number of hydrogen-bond acceptors (Lipinski definition) is 7. The molecule has 14 heteroatoms. The maximum atomic E-state index is 11.2. The lowest BCUT2D eigenvalue weighted by atomic mass is 9.86. The Labute approximate surface area is 187 Å². The summed E-state index contributed by atoms with van der Waals surface area (Å²) in [7, 11) is 0. The highest BCUT2D eigenvalue weighted by Crippen LogP contribution is 2.30. The molecule has 178 valence electrons. The van der Waals surface area contributed by atoms with Gasteiger partial charge in [-0.2, -0.15) is 0 Å². The van der Waals surface area contributed by atoms with Crippen LogP contribution in [0.1, 0.15) is 67.7 Å². The first-order valence-corrected chi connectivity index (χ1v) is 8.61. The predicted octanol–water partition coefficient (Wildman–Crippen LogP) is 1.19. The minimum Gasteiger partial charge on any atom is -0.481 e. The summed E-state index contributed by atoms with van der Waals surface area (Å²) < 4.78 is 0. The van der Waals surface area contributed by atoms with Crippen LogP contribution < -0.4 is 0 Å². The molecule has 0 unspecified atom stereocenters. The van der Waals surface area contributed by atoms with E-state index in [1.54, 1.807) is 12.1 Å². The molecule has 0 amide bonds. The fourth-order valence-corrected chi connectivity index (χ4v) is 2.80. The standard InChI is InChI=1S/C12H6O12.C8H8O2/c13-7(14)1-2(8(15)16)4(10(19)20)6(12(23)24)5(11(21)22)3(1)9(17)18;9-8(10)6-7-4-2-1-3-5-7/h(H,13,14)(H,15,16)(H,17,18)(H,19,20)(H,21,22)(H,23,24);1-5H,6H2,(H,9,10). The van der Waals surface area contributed by atoms with Crippen molar-refractivity contribution in [2.75, 3.05) is 0 Å². The lowest BCUT2D eigenvalue weighted by Crippen LogP contribution is -2.27. The van der Waals surface area contributed by atoms with E-state index in [1.165, 1.54) is 0 Å². The molecule has 14 nitrogen and oxygen atoms in total. The highest BCUT2D eigenvalue weighted by Gasteiger charge is 2.40. The first-order chi connectivity index (χ1) is 15.7. The Morgan fingerprint density at radius 3 is 0.853 bits per heavy atom. The van der Waals surface area contributed by atoms with Gasteiger partial charge in [0.25, 0.3) is 0 Å². The van der Waals surface area contributed by atoms with E-state index >= 15 is 0 Å². The van der Waals surface area contributed by atoms with E-state index in [0.717, 1.165) is 5.56 Å². The molecule has 34 heavy (non-hydrogen) atoms. The van der Waals surface area contributed by atoms with Crippen LogP contribution in [0, 0.1) is 0 Å². The maximum Gasteiger partial charge on any atom is 0.337 e. The van der Waals surface area contributed by atoms with Gasteiger partial charge in [0.15, 0.2) is 0 Å². The molecule has 0 spiro atoms. The third-order valence-corrected chi connectivity index (χ3v) is 3.98. The predicted molar refractivity (Wildman–Crippen MR) is 106 cm³/mol. The van der Waals surface area contributed by atoms with Crippen molar-refractivity contribution >= 4 is 41.8 Å². The van der Waals surface area contributed by atoms with E-state index in [-0.39, 0.29) is 6.42 Å². The number of aliphatic carboxylic acids is 1. The Morgan fingerprint density at radius 1 is 0.441 bits per heavy atom. The molecule has 0 fully saturated rings. The van der Waals surface area contributed by atoms with Gasteiger partial charge in [0.05, 0.1) is 39.8 Å². The van der Waals surface area contributed by atoms with Crippen LogP contribution in [0.3, 0.4) is 0 Å². The zero-order valence-corrected chi connectivity index (χ0v) is 16.6. The molecule has 0 aliphatic rings. The molecule has 7 N–H and O–H groups in total. The largest absolute Gasteiger partial charge is 0.481 e. The fourth-order valence-electron chi connectivity index (χ4n) is 2.80. The third-order valence-electron chi connectivity index (χ3n) is 3.98. The van der Waals surface area contributed by atoms with E-state index in [0.29, 0.717) is 0 Å². The molecule has 0 aromatic heterocycles. The number of rotatable bonds is 8. The molecule has 2 aromatic carbocycles. The van der Waals surface area contributed by atoms with Crippen molar-refractivity contribution in [2.45, 2.75) is 6.42 Å². The van der Waals surface area contributed by atoms with Gasteiger partial charge in [-0.1, -0.05) is 30.3 Å². The average Bonchev–Trinajstić information content (AvgIpc) is 2.71. The Morgan fingerprint density at radius 2 is 0.676 bits per heavy atom. The highest BCUT2D eigenvalue weighted by atomic mass is 16.4. The number of hydrogen-bond donors (Lipinski definition) is 7. The number of carboxylic acids is 7. The van der Waals surface area contributed by atoms with Crippen molar-refractivity contribution in [2.24, 2.45) is 0 Å². The molecule has 0 atom stereocenters. The second-order valence-electron chi connectivity index (χ2n) is 6.14.